The van der Waals surface area contributed by atoms with Crippen molar-refractivity contribution in [2.24, 2.45) is 0 Å². The van der Waals surface area contributed by atoms with Crippen LogP contribution in [0.3, 0.4) is 0 Å². The van der Waals surface area contributed by atoms with Gasteiger partial charge in [-0.05, 0) is 54.2 Å². The number of hydrogen-bond donors (Lipinski definition) is 1. The lowest BCUT2D eigenvalue weighted by molar-refractivity contribution is 0.597. The van der Waals surface area contributed by atoms with E-state index >= 15 is 0 Å². The SMILES string of the molecule is CCNC(C1=CCCCCC1)c1cc(Br)cs1. The quantitative estimate of drug-likeness (QED) is 0.767. The third kappa shape index (κ3) is 3.67. The van der Waals surface area contributed by atoms with E-state index in [-0.39, 0.29) is 0 Å². The molecule has 0 radical (unpaired) electrons. The lowest BCUT2D eigenvalue weighted by atomic mass is 10.0. The van der Waals surface area contributed by atoms with E-state index in [1.807, 2.05) is 11.3 Å². The largest absolute Gasteiger partial charge is 0.306 e. The van der Waals surface area contributed by atoms with Crippen LogP contribution in [0.4, 0.5) is 0 Å². The van der Waals surface area contributed by atoms with Crippen LogP contribution in [0.25, 0.3) is 0 Å². The Morgan fingerprint density at radius 3 is 3.00 bits per heavy atom. The molecule has 0 amide bonds. The minimum absolute atomic E-state index is 0.439. The van der Waals surface area contributed by atoms with Crippen LogP contribution in [0.5, 0.6) is 0 Å². The highest BCUT2D eigenvalue weighted by atomic mass is 79.9. The van der Waals surface area contributed by atoms with Crippen molar-refractivity contribution < 1.29 is 0 Å². The molecule has 0 aromatic carbocycles. The van der Waals surface area contributed by atoms with Crippen LogP contribution in [0.1, 0.15) is 49.9 Å². The molecule has 1 unspecified atom stereocenters. The molecule has 0 aliphatic heterocycles. The van der Waals surface area contributed by atoms with Crippen LogP contribution in [0.2, 0.25) is 0 Å². The van der Waals surface area contributed by atoms with E-state index in [0.717, 1.165) is 6.54 Å². The maximum atomic E-state index is 3.63. The average Bonchev–Trinajstić information content (AvgIpc) is 2.60. The number of halogens is 1. The number of likely N-dealkylation sites (N-methyl/N-ethyl adjacent to an activating group) is 1. The van der Waals surface area contributed by atoms with Gasteiger partial charge in [0.25, 0.3) is 0 Å². The van der Waals surface area contributed by atoms with E-state index in [1.54, 1.807) is 5.57 Å². The Morgan fingerprint density at radius 1 is 1.41 bits per heavy atom. The third-order valence-electron chi connectivity index (χ3n) is 3.23. The summed E-state index contributed by atoms with van der Waals surface area (Å²) in [5.41, 5.74) is 1.60. The van der Waals surface area contributed by atoms with E-state index < -0.39 is 0 Å². The van der Waals surface area contributed by atoms with Gasteiger partial charge in [-0.15, -0.1) is 11.3 Å². The summed E-state index contributed by atoms with van der Waals surface area (Å²) in [6, 6.07) is 2.69. The van der Waals surface area contributed by atoms with Gasteiger partial charge in [0, 0.05) is 14.7 Å². The topological polar surface area (TPSA) is 12.0 Å². The zero-order chi connectivity index (χ0) is 12.1. The van der Waals surface area contributed by atoms with Crippen LogP contribution in [-0.2, 0) is 0 Å². The zero-order valence-corrected chi connectivity index (χ0v) is 12.7. The van der Waals surface area contributed by atoms with Crippen molar-refractivity contribution in [1.29, 1.82) is 0 Å². The van der Waals surface area contributed by atoms with E-state index in [4.69, 9.17) is 0 Å². The molecule has 1 nitrogen and oxygen atoms in total. The first-order valence-corrected chi connectivity index (χ1v) is 8.14. The van der Waals surface area contributed by atoms with Crippen molar-refractivity contribution in [3.63, 3.8) is 0 Å². The van der Waals surface area contributed by atoms with Crippen LogP contribution in [-0.4, -0.2) is 6.54 Å². The fourth-order valence-corrected chi connectivity index (χ4v) is 3.96. The number of nitrogens with one attached hydrogen (secondary N) is 1. The summed E-state index contributed by atoms with van der Waals surface area (Å²) in [5, 5.41) is 5.81. The molecule has 0 saturated heterocycles. The first-order valence-electron chi connectivity index (χ1n) is 6.47. The van der Waals surface area contributed by atoms with Crippen LogP contribution in [0.15, 0.2) is 27.6 Å². The van der Waals surface area contributed by atoms with Gasteiger partial charge in [-0.1, -0.05) is 25.0 Å². The smallest absolute Gasteiger partial charge is 0.0630 e. The van der Waals surface area contributed by atoms with Gasteiger partial charge < -0.3 is 5.32 Å². The Hall–Kier alpha value is -0.120. The number of allylic oxidation sites excluding steroid dienone is 1. The third-order valence-corrected chi connectivity index (χ3v) is 4.99. The van der Waals surface area contributed by atoms with Crippen LogP contribution >= 0.6 is 27.3 Å². The fourth-order valence-electron chi connectivity index (χ4n) is 2.40. The van der Waals surface area contributed by atoms with Crippen molar-refractivity contribution in [2.75, 3.05) is 6.54 Å². The lowest BCUT2D eigenvalue weighted by Gasteiger charge is -2.19. The Morgan fingerprint density at radius 2 is 2.29 bits per heavy atom. The molecular formula is C14H20BrNS. The summed E-state index contributed by atoms with van der Waals surface area (Å²) in [6.07, 6.45) is 9.06. The highest BCUT2D eigenvalue weighted by Crippen LogP contribution is 2.33. The van der Waals surface area contributed by atoms with E-state index in [2.05, 4.69) is 45.7 Å². The second-order valence-corrected chi connectivity index (χ2v) is 6.39. The number of hydrogen-bond acceptors (Lipinski definition) is 2. The second-order valence-electron chi connectivity index (χ2n) is 4.54. The van der Waals surface area contributed by atoms with Crippen molar-refractivity contribution in [1.82, 2.24) is 5.32 Å². The Balaban J connectivity index is 2.18. The second kappa shape index (κ2) is 6.72. The van der Waals surface area contributed by atoms with Gasteiger partial charge in [-0.25, -0.2) is 0 Å². The van der Waals surface area contributed by atoms with Gasteiger partial charge in [-0.3, -0.25) is 0 Å². The van der Waals surface area contributed by atoms with Gasteiger partial charge in [-0.2, -0.15) is 0 Å². The number of thiophene rings is 1. The van der Waals surface area contributed by atoms with E-state index in [9.17, 15) is 0 Å². The first kappa shape index (κ1) is 13.3. The zero-order valence-electron chi connectivity index (χ0n) is 10.3. The van der Waals surface area contributed by atoms with Crippen molar-refractivity contribution in [2.45, 2.75) is 45.1 Å². The summed E-state index contributed by atoms with van der Waals surface area (Å²) in [7, 11) is 0. The molecule has 1 aromatic rings. The molecule has 1 aromatic heterocycles. The molecular weight excluding hydrogens is 294 g/mol. The van der Waals surface area contributed by atoms with Gasteiger partial charge in [0.2, 0.25) is 0 Å². The summed E-state index contributed by atoms with van der Waals surface area (Å²) < 4.78 is 1.20. The highest BCUT2D eigenvalue weighted by molar-refractivity contribution is 9.10. The van der Waals surface area contributed by atoms with Gasteiger partial charge >= 0.3 is 0 Å². The lowest BCUT2D eigenvalue weighted by Crippen LogP contribution is -2.22. The summed E-state index contributed by atoms with van der Waals surface area (Å²) in [5.74, 6) is 0. The Labute approximate surface area is 116 Å². The summed E-state index contributed by atoms with van der Waals surface area (Å²) >= 11 is 5.40. The molecule has 1 aliphatic rings. The molecule has 0 saturated carbocycles. The summed E-state index contributed by atoms with van der Waals surface area (Å²) in [6.45, 7) is 3.21. The van der Waals surface area contributed by atoms with E-state index in [1.165, 1.54) is 41.5 Å². The average molecular weight is 314 g/mol. The molecule has 1 N–H and O–H groups in total. The molecule has 1 heterocycles. The maximum absolute atomic E-state index is 3.63. The highest BCUT2D eigenvalue weighted by Gasteiger charge is 2.18. The minimum atomic E-state index is 0.439. The van der Waals surface area contributed by atoms with Gasteiger partial charge in [0.15, 0.2) is 0 Å². The van der Waals surface area contributed by atoms with E-state index in [0.29, 0.717) is 6.04 Å². The molecule has 2 rings (SSSR count). The molecule has 0 spiro atoms. The maximum Gasteiger partial charge on any atom is 0.0630 e. The standard InChI is InChI=1S/C14H20BrNS/c1-2-16-14(13-9-12(15)10-17-13)11-7-5-3-4-6-8-11/h7,9-10,14,16H,2-6,8H2,1H3. The molecule has 0 bridgehead atoms. The molecule has 3 heteroatoms. The van der Waals surface area contributed by atoms with Crippen molar-refractivity contribution in [3.8, 4) is 0 Å². The van der Waals surface area contributed by atoms with Gasteiger partial charge in [0.05, 0.1) is 6.04 Å². The van der Waals surface area contributed by atoms with Crippen LogP contribution in [0, 0.1) is 0 Å². The molecule has 1 aliphatic carbocycles. The molecule has 1 atom stereocenters. The normalized spacial score (nSPS) is 18.6. The van der Waals surface area contributed by atoms with Gasteiger partial charge in [0.1, 0.15) is 0 Å². The molecule has 94 valence electrons. The Bertz CT molecular complexity index is 383. The van der Waals surface area contributed by atoms with Crippen molar-refractivity contribution in [3.05, 3.63) is 32.4 Å². The molecule has 0 fully saturated rings. The summed E-state index contributed by atoms with van der Waals surface area (Å²) in [4.78, 5) is 1.44. The first-order chi connectivity index (χ1) is 8.31. The number of rotatable bonds is 4. The predicted octanol–water partition coefficient (Wildman–Crippen LogP) is 5.05. The fraction of sp³-hybridized carbons (Fsp3) is 0.571. The Kier molecular flexibility index (Phi) is 5.26. The van der Waals surface area contributed by atoms with Crippen LogP contribution < -0.4 is 5.32 Å². The van der Waals surface area contributed by atoms with Crippen molar-refractivity contribution >= 4 is 27.3 Å². The predicted molar refractivity (Wildman–Crippen MR) is 79.6 cm³/mol. The molecule has 17 heavy (non-hydrogen) atoms. The minimum Gasteiger partial charge on any atom is -0.306 e. The monoisotopic (exact) mass is 313 g/mol.